The molecule has 0 aromatic rings. The summed E-state index contributed by atoms with van der Waals surface area (Å²) >= 11 is 0. The van der Waals surface area contributed by atoms with E-state index >= 15 is 0 Å². The first-order chi connectivity index (χ1) is 1.41. The van der Waals surface area contributed by atoms with Crippen molar-refractivity contribution in [3.8, 4) is 0 Å². The molecule has 0 spiro atoms. The van der Waals surface area contributed by atoms with E-state index in [4.69, 9.17) is 9.73 Å². The molecule has 4 heavy (non-hydrogen) atoms. The van der Waals surface area contributed by atoms with Gasteiger partial charge in [-0.25, -0.2) is 0 Å². The average Bonchev–Trinajstić information content (AvgIpc) is 0.918. The van der Waals surface area contributed by atoms with Crippen LogP contribution in [0.2, 0.25) is 0 Å². The molecule has 0 saturated carbocycles. The quantitative estimate of drug-likeness (QED) is 0.465. The summed E-state index contributed by atoms with van der Waals surface area (Å²) in [5, 5.41) is 6.89. The number of hydrogen-bond acceptors (Lipinski definition) is 1. The first-order valence-corrected chi connectivity index (χ1v) is 0.494. The summed E-state index contributed by atoms with van der Waals surface area (Å²) in [5.41, 5.74) is 0. The van der Waals surface area contributed by atoms with Gasteiger partial charge in [0.15, 0.2) is 0 Å². The van der Waals surface area contributed by atoms with E-state index in [0.29, 0.717) is 0 Å². The van der Waals surface area contributed by atoms with Crippen LogP contribution in [0.1, 0.15) is 0 Å². The van der Waals surface area contributed by atoms with Gasteiger partial charge in [-0.05, 0) is 0 Å². The van der Waals surface area contributed by atoms with E-state index in [1.807, 2.05) is 0 Å². The van der Waals surface area contributed by atoms with E-state index in [-0.39, 0.29) is 56.2 Å². The Morgan fingerprint density at radius 2 is 1.75 bits per heavy atom. The summed E-state index contributed by atoms with van der Waals surface area (Å²) in [6.45, 7) is 0. The van der Waals surface area contributed by atoms with E-state index in [0.717, 1.165) is 0 Å². The summed E-state index contributed by atoms with van der Waals surface area (Å²) in [7, 11) is -0.250. The van der Waals surface area contributed by atoms with Gasteiger partial charge in [-0.3, -0.25) is 0 Å². The average molecular weight is 181 g/mol. The smallest absolute Gasteiger partial charge is 0 e. The summed E-state index contributed by atoms with van der Waals surface area (Å²) in [5.74, 6) is 0. The van der Waals surface area contributed by atoms with Gasteiger partial charge in [0.1, 0.15) is 0 Å². The molecule has 0 aromatic heterocycles. The molecule has 18 valence electrons. The van der Waals surface area contributed by atoms with Gasteiger partial charge in [0, 0.05) is 48.9 Å². The molecule has 0 saturated heterocycles. The SMILES string of the molecule is O=BO.[Ba]. The molecule has 0 atom stereocenters. The first kappa shape index (κ1) is 8.97. The second-order valence-corrected chi connectivity index (χ2v) is 0.105. The Morgan fingerprint density at radius 3 is 1.75 bits per heavy atom. The van der Waals surface area contributed by atoms with Crippen LogP contribution in [0.25, 0.3) is 0 Å². The van der Waals surface area contributed by atoms with Crippen molar-refractivity contribution in [2.75, 3.05) is 0 Å². The van der Waals surface area contributed by atoms with E-state index in [1.165, 1.54) is 0 Å². The molecule has 0 amide bonds. The van der Waals surface area contributed by atoms with Crippen molar-refractivity contribution in [3.63, 3.8) is 0 Å². The molecular weight excluding hydrogens is 180 g/mol. The predicted molar refractivity (Wildman–Crippen MR) is 14.4 cm³/mol. The van der Waals surface area contributed by atoms with Gasteiger partial charge in [-0.1, -0.05) is 0 Å². The third-order valence-electron chi connectivity index (χ3n) is 0. The van der Waals surface area contributed by atoms with Gasteiger partial charge in [0.05, 0.1) is 0 Å². The molecular formula is HBBaO2. The summed E-state index contributed by atoms with van der Waals surface area (Å²) in [6, 6.07) is 0. The van der Waals surface area contributed by atoms with Gasteiger partial charge >= 0.3 is 17.1 Å². The van der Waals surface area contributed by atoms with Crippen LogP contribution in [0, 0.1) is 0 Å². The Morgan fingerprint density at radius 1 is 1.75 bits per heavy atom. The second kappa shape index (κ2) is 8.87. The number of rotatable bonds is 0. The number of hydrogen-bond donors (Lipinski definition) is 1. The predicted octanol–water partition coefficient (Wildman–Crippen LogP) is -1.44. The minimum absolute atomic E-state index is 0. The first-order valence-electron chi connectivity index (χ1n) is 0.494. The van der Waals surface area contributed by atoms with Crippen LogP contribution in [-0.4, -0.2) is 61.3 Å². The maximum atomic E-state index is 8.36. The maximum absolute atomic E-state index is 8.36. The van der Waals surface area contributed by atoms with Gasteiger partial charge < -0.3 is 0 Å². The van der Waals surface area contributed by atoms with Gasteiger partial charge in [0.2, 0.25) is 0 Å². The van der Waals surface area contributed by atoms with Crippen molar-refractivity contribution >= 4 is 56.2 Å². The molecule has 2 nitrogen and oxygen atoms in total. The van der Waals surface area contributed by atoms with Crippen LogP contribution in [0.3, 0.4) is 0 Å². The molecule has 1 N–H and O–H groups in total. The largest absolute Gasteiger partial charge is 0 e. The molecule has 0 rings (SSSR count). The Kier molecular flexibility index (Phi) is 19.9. The Balaban J connectivity index is 0. The van der Waals surface area contributed by atoms with Crippen LogP contribution < -0.4 is 0 Å². The van der Waals surface area contributed by atoms with Crippen LogP contribution in [-0.2, 0) is 4.70 Å². The van der Waals surface area contributed by atoms with E-state index in [2.05, 4.69) is 0 Å². The molecule has 0 aromatic carbocycles. The van der Waals surface area contributed by atoms with Crippen LogP contribution in [0.15, 0.2) is 0 Å². The van der Waals surface area contributed by atoms with Gasteiger partial charge in [-0.2, -0.15) is 0 Å². The topological polar surface area (TPSA) is 37.3 Å². The van der Waals surface area contributed by atoms with Crippen LogP contribution >= 0.6 is 0 Å². The zero-order valence-electron chi connectivity index (χ0n) is 2.14. The minimum atomic E-state index is -0.250. The fraction of sp³-hybridized carbons (Fsp3) is 0. The van der Waals surface area contributed by atoms with Crippen molar-refractivity contribution in [1.29, 1.82) is 0 Å². The molecule has 0 aliphatic carbocycles. The van der Waals surface area contributed by atoms with Gasteiger partial charge in [-0.15, -0.1) is 0 Å². The molecule has 0 aliphatic heterocycles. The zero-order valence-corrected chi connectivity index (χ0v) is 6.58. The summed E-state index contributed by atoms with van der Waals surface area (Å²) in [6.07, 6.45) is 0. The standard InChI is InChI=1S/BHO2.Ba/c2-1-3;/h2H;. The normalized spacial score (nSPS) is 2.00. The summed E-state index contributed by atoms with van der Waals surface area (Å²) < 4.78 is 8.36. The third-order valence-corrected chi connectivity index (χ3v) is 0. The van der Waals surface area contributed by atoms with E-state index < -0.39 is 0 Å². The molecule has 2 radical (unpaired) electrons. The summed E-state index contributed by atoms with van der Waals surface area (Å²) in [4.78, 5) is 0. The maximum Gasteiger partial charge on any atom is 0 e. The Labute approximate surface area is 64.9 Å². The van der Waals surface area contributed by atoms with Gasteiger partial charge in [0.25, 0.3) is 0 Å². The molecule has 0 unspecified atom stereocenters. The molecule has 4 heteroatoms. The van der Waals surface area contributed by atoms with Crippen molar-refractivity contribution in [1.82, 2.24) is 0 Å². The zero-order chi connectivity index (χ0) is 2.71. The third kappa shape index (κ3) is 10.6. The van der Waals surface area contributed by atoms with Crippen molar-refractivity contribution < 1.29 is 9.73 Å². The Hall–Kier alpha value is 1.24. The molecule has 0 heterocycles. The fourth-order valence-electron chi connectivity index (χ4n) is 0. The van der Waals surface area contributed by atoms with E-state index in [1.54, 1.807) is 0 Å². The fourth-order valence-corrected chi connectivity index (χ4v) is 0. The monoisotopic (exact) mass is 182 g/mol. The second-order valence-electron chi connectivity index (χ2n) is 0.105. The van der Waals surface area contributed by atoms with Crippen molar-refractivity contribution in [2.24, 2.45) is 0 Å². The molecule has 0 aliphatic rings. The van der Waals surface area contributed by atoms with Crippen molar-refractivity contribution in [2.45, 2.75) is 0 Å². The van der Waals surface area contributed by atoms with Crippen molar-refractivity contribution in [3.05, 3.63) is 0 Å². The van der Waals surface area contributed by atoms with Crippen LogP contribution in [0.5, 0.6) is 0 Å². The molecule has 0 fully saturated rings. The minimum Gasteiger partial charge on any atom is 0 e. The van der Waals surface area contributed by atoms with Crippen LogP contribution in [0.4, 0.5) is 0 Å². The Bertz CT molecular complexity index is 13.5. The molecule has 0 bridgehead atoms. The van der Waals surface area contributed by atoms with E-state index in [9.17, 15) is 0 Å².